The zero-order valence-electron chi connectivity index (χ0n) is 11.8. The predicted molar refractivity (Wildman–Crippen MR) is 70.3 cm³/mol. The summed E-state index contributed by atoms with van der Waals surface area (Å²) in [5.41, 5.74) is 0. The molecule has 21 heavy (non-hydrogen) atoms. The van der Waals surface area contributed by atoms with E-state index in [9.17, 15) is 22.8 Å². The molecule has 1 N–H and O–H groups in total. The average Bonchev–Trinajstić information content (AvgIpc) is 2.91. The van der Waals surface area contributed by atoms with Gasteiger partial charge in [0, 0.05) is 25.4 Å². The Morgan fingerprint density at radius 1 is 1.19 bits per heavy atom. The number of allylic oxidation sites excluding steroid dienone is 2. The molecule has 0 aromatic heterocycles. The minimum atomic E-state index is -4.42. The van der Waals surface area contributed by atoms with E-state index in [1.54, 1.807) is 0 Å². The minimum Gasteiger partial charge on any atom is -0.351 e. The van der Waals surface area contributed by atoms with Crippen LogP contribution >= 0.6 is 0 Å². The van der Waals surface area contributed by atoms with Gasteiger partial charge in [-0.1, -0.05) is 12.2 Å². The second-order valence-corrected chi connectivity index (χ2v) is 5.65. The predicted octanol–water partition coefficient (Wildman–Crippen LogP) is 2.01. The highest BCUT2D eigenvalue weighted by molar-refractivity contribution is 5.80. The summed E-state index contributed by atoms with van der Waals surface area (Å²) in [6, 6.07) is -2.14. The van der Waals surface area contributed by atoms with Crippen LogP contribution in [-0.4, -0.2) is 41.5 Å². The fraction of sp³-hybridized carbons (Fsp3) is 0.714. The maximum atomic E-state index is 12.9. The zero-order valence-corrected chi connectivity index (χ0v) is 11.8. The number of likely N-dealkylation sites (tertiary alicyclic amines) is 1. The third-order valence-corrected chi connectivity index (χ3v) is 4.09. The normalized spacial score (nSPS) is 27.0. The summed E-state index contributed by atoms with van der Waals surface area (Å²) in [6.45, 7) is 1.05. The maximum Gasteiger partial charge on any atom is 0.408 e. The molecule has 4 nitrogen and oxygen atoms in total. The van der Waals surface area contributed by atoms with Gasteiger partial charge in [-0.25, -0.2) is 0 Å². The van der Waals surface area contributed by atoms with Crippen LogP contribution in [0.5, 0.6) is 0 Å². The van der Waals surface area contributed by atoms with Crippen LogP contribution in [0, 0.1) is 5.92 Å². The van der Waals surface area contributed by atoms with Crippen LogP contribution in [0.25, 0.3) is 0 Å². The van der Waals surface area contributed by atoms with Crippen LogP contribution in [0.1, 0.15) is 32.6 Å². The molecule has 0 radical (unpaired) electrons. The highest BCUT2D eigenvalue weighted by Gasteiger charge is 2.47. The van der Waals surface area contributed by atoms with Gasteiger partial charge in [-0.3, -0.25) is 9.59 Å². The molecule has 0 aromatic rings. The molecule has 0 bridgehead atoms. The molecule has 1 heterocycles. The van der Waals surface area contributed by atoms with Crippen molar-refractivity contribution in [1.82, 2.24) is 10.2 Å². The van der Waals surface area contributed by atoms with Crippen molar-refractivity contribution in [3.8, 4) is 0 Å². The lowest BCUT2D eigenvalue weighted by atomic mass is 9.96. The number of halogens is 3. The van der Waals surface area contributed by atoms with Crippen molar-refractivity contribution < 1.29 is 22.8 Å². The SMILES string of the molecule is CC(=O)N1C[C@@H](NC(=O)C2CC=CC2)CC[C@H]1C(F)(F)F. The highest BCUT2D eigenvalue weighted by atomic mass is 19.4. The lowest BCUT2D eigenvalue weighted by Crippen LogP contribution is -2.58. The van der Waals surface area contributed by atoms with Crippen LogP contribution in [0.15, 0.2) is 12.2 Å². The summed E-state index contributed by atoms with van der Waals surface area (Å²) >= 11 is 0. The van der Waals surface area contributed by atoms with E-state index in [1.165, 1.54) is 0 Å². The van der Waals surface area contributed by atoms with Crippen molar-refractivity contribution >= 4 is 11.8 Å². The van der Waals surface area contributed by atoms with E-state index in [1.807, 2.05) is 12.2 Å². The Balaban J connectivity index is 1.95. The van der Waals surface area contributed by atoms with E-state index >= 15 is 0 Å². The fourth-order valence-corrected chi connectivity index (χ4v) is 2.93. The second-order valence-electron chi connectivity index (χ2n) is 5.65. The highest BCUT2D eigenvalue weighted by Crippen LogP contribution is 2.32. The molecule has 1 aliphatic carbocycles. The van der Waals surface area contributed by atoms with Gasteiger partial charge in [-0.2, -0.15) is 13.2 Å². The number of nitrogens with one attached hydrogen (secondary N) is 1. The van der Waals surface area contributed by atoms with Crippen molar-refractivity contribution in [2.24, 2.45) is 5.92 Å². The lowest BCUT2D eigenvalue weighted by Gasteiger charge is -2.40. The van der Waals surface area contributed by atoms with E-state index in [2.05, 4.69) is 5.32 Å². The van der Waals surface area contributed by atoms with E-state index in [-0.39, 0.29) is 31.2 Å². The molecule has 0 unspecified atom stereocenters. The molecule has 118 valence electrons. The average molecular weight is 304 g/mol. The molecule has 7 heteroatoms. The number of hydrogen-bond acceptors (Lipinski definition) is 2. The maximum absolute atomic E-state index is 12.9. The molecule has 2 aliphatic rings. The van der Waals surface area contributed by atoms with Crippen LogP contribution in [0.4, 0.5) is 13.2 Å². The Morgan fingerprint density at radius 2 is 1.81 bits per heavy atom. The van der Waals surface area contributed by atoms with Gasteiger partial charge < -0.3 is 10.2 Å². The van der Waals surface area contributed by atoms with Crippen LogP contribution in [0.2, 0.25) is 0 Å². The monoisotopic (exact) mass is 304 g/mol. The first-order chi connectivity index (χ1) is 9.79. The summed E-state index contributed by atoms with van der Waals surface area (Å²) in [5.74, 6) is -0.881. The van der Waals surface area contributed by atoms with E-state index in [0.29, 0.717) is 12.8 Å². The third kappa shape index (κ3) is 3.77. The Labute approximate surface area is 121 Å². The number of nitrogens with zero attached hydrogens (tertiary/aromatic N) is 1. The molecule has 0 aromatic carbocycles. The number of rotatable bonds is 2. The summed E-state index contributed by atoms with van der Waals surface area (Å²) in [5, 5.41) is 2.78. The number of carbonyl (C=O) groups excluding carboxylic acids is 2. The van der Waals surface area contributed by atoms with Gasteiger partial charge in [0.2, 0.25) is 11.8 Å². The fourth-order valence-electron chi connectivity index (χ4n) is 2.93. The summed E-state index contributed by atoms with van der Waals surface area (Å²) in [4.78, 5) is 24.3. The Bertz CT molecular complexity index is 440. The molecule has 1 aliphatic heterocycles. The van der Waals surface area contributed by atoms with Crippen LogP contribution in [-0.2, 0) is 9.59 Å². The lowest BCUT2D eigenvalue weighted by molar-refractivity contribution is -0.196. The second kappa shape index (κ2) is 6.07. The first-order valence-electron chi connectivity index (χ1n) is 7.08. The first kappa shape index (κ1) is 15.9. The topological polar surface area (TPSA) is 49.4 Å². The molecular weight excluding hydrogens is 285 g/mol. The van der Waals surface area contributed by atoms with Gasteiger partial charge >= 0.3 is 6.18 Å². The summed E-state index contributed by atoms with van der Waals surface area (Å²) in [6.07, 6.45) is 0.826. The Kier molecular flexibility index (Phi) is 4.58. The number of hydrogen-bond donors (Lipinski definition) is 1. The van der Waals surface area contributed by atoms with Crippen molar-refractivity contribution in [2.45, 2.75) is 50.9 Å². The third-order valence-electron chi connectivity index (χ3n) is 4.09. The van der Waals surface area contributed by atoms with E-state index in [4.69, 9.17) is 0 Å². The molecule has 1 fully saturated rings. The van der Waals surface area contributed by atoms with Crippen LogP contribution < -0.4 is 5.32 Å². The summed E-state index contributed by atoms with van der Waals surface area (Å²) in [7, 11) is 0. The summed E-state index contributed by atoms with van der Waals surface area (Å²) < 4.78 is 38.7. The van der Waals surface area contributed by atoms with Gasteiger partial charge in [0.05, 0.1) is 0 Å². The van der Waals surface area contributed by atoms with Gasteiger partial charge in [0.25, 0.3) is 0 Å². The molecule has 2 amide bonds. The smallest absolute Gasteiger partial charge is 0.351 e. The van der Waals surface area contributed by atoms with Crippen molar-refractivity contribution in [1.29, 1.82) is 0 Å². The molecule has 0 spiro atoms. The van der Waals surface area contributed by atoms with E-state index in [0.717, 1.165) is 11.8 Å². The molecule has 2 rings (SSSR count). The number of alkyl halides is 3. The Hall–Kier alpha value is -1.53. The van der Waals surface area contributed by atoms with Gasteiger partial charge in [-0.05, 0) is 25.7 Å². The van der Waals surface area contributed by atoms with Gasteiger partial charge in [0.15, 0.2) is 0 Å². The first-order valence-corrected chi connectivity index (χ1v) is 7.08. The largest absolute Gasteiger partial charge is 0.408 e. The van der Waals surface area contributed by atoms with Crippen molar-refractivity contribution in [2.75, 3.05) is 6.54 Å². The van der Waals surface area contributed by atoms with Crippen LogP contribution in [0.3, 0.4) is 0 Å². The number of piperidine rings is 1. The molecule has 1 saturated heterocycles. The zero-order chi connectivity index (χ0) is 15.6. The van der Waals surface area contributed by atoms with Crippen molar-refractivity contribution in [3.63, 3.8) is 0 Å². The van der Waals surface area contributed by atoms with Gasteiger partial charge in [0.1, 0.15) is 6.04 Å². The number of amides is 2. The van der Waals surface area contributed by atoms with Crippen molar-refractivity contribution in [3.05, 3.63) is 12.2 Å². The standard InChI is InChI=1S/C14H19F3N2O2/c1-9(20)19-8-11(6-7-12(19)14(15,16)17)18-13(21)10-4-2-3-5-10/h2-3,10-12H,4-8H2,1H3,(H,18,21)/t11-,12-/m0/s1. The Morgan fingerprint density at radius 3 is 2.33 bits per heavy atom. The van der Waals surface area contributed by atoms with Gasteiger partial charge in [-0.15, -0.1) is 0 Å². The quantitative estimate of drug-likeness (QED) is 0.793. The molecule has 2 atom stereocenters. The molecule has 0 saturated carbocycles. The minimum absolute atomic E-state index is 0.0780. The van der Waals surface area contributed by atoms with E-state index < -0.39 is 24.2 Å². The number of carbonyl (C=O) groups is 2. The molecular formula is C14H19F3N2O2.